The minimum Gasteiger partial charge on any atom is -0.444 e. The van der Waals surface area contributed by atoms with Gasteiger partial charge < -0.3 is 15.4 Å². The van der Waals surface area contributed by atoms with Crippen molar-refractivity contribution in [2.24, 2.45) is 0 Å². The molecule has 1 aromatic heterocycles. The van der Waals surface area contributed by atoms with E-state index in [-0.39, 0.29) is 12.0 Å². The Kier molecular flexibility index (Phi) is 5.96. The minimum absolute atomic E-state index is 0.184. The summed E-state index contributed by atoms with van der Waals surface area (Å²) in [5, 5.41) is 6.88. The maximum atomic E-state index is 12.5. The van der Waals surface area contributed by atoms with Crippen LogP contribution in [-0.2, 0) is 16.1 Å². The van der Waals surface area contributed by atoms with Crippen LogP contribution in [0.4, 0.5) is 10.5 Å². The van der Waals surface area contributed by atoms with Gasteiger partial charge in [-0.25, -0.2) is 4.79 Å². The molecule has 0 bridgehead atoms. The number of anilines is 1. The Morgan fingerprint density at radius 1 is 1.12 bits per heavy atom. The van der Waals surface area contributed by atoms with Crippen LogP contribution in [0.15, 0.2) is 65.7 Å². The van der Waals surface area contributed by atoms with Gasteiger partial charge in [-0.1, -0.05) is 48.2 Å². The molecule has 0 spiro atoms. The number of para-hydroxylation sites is 2. The van der Waals surface area contributed by atoms with Crippen LogP contribution >= 0.6 is 11.8 Å². The van der Waals surface area contributed by atoms with Crippen molar-refractivity contribution in [2.45, 2.75) is 35.8 Å². The van der Waals surface area contributed by atoms with E-state index in [2.05, 4.69) is 33.8 Å². The number of carbonyl (C=O) groups excluding carboxylic acids is 2. The first-order valence-corrected chi connectivity index (χ1v) is 11.6. The van der Waals surface area contributed by atoms with E-state index >= 15 is 0 Å². The van der Waals surface area contributed by atoms with Crippen LogP contribution in [0.25, 0.3) is 10.9 Å². The molecular weight excluding hydrogens is 424 g/mol. The summed E-state index contributed by atoms with van der Waals surface area (Å²) in [5.74, 6) is -0.184. The van der Waals surface area contributed by atoms with Crippen molar-refractivity contribution >= 4 is 40.4 Å². The molecule has 0 aliphatic carbocycles. The van der Waals surface area contributed by atoms with E-state index in [0.29, 0.717) is 6.54 Å². The molecule has 7 nitrogen and oxygen atoms in total. The molecule has 5 rings (SSSR count). The summed E-state index contributed by atoms with van der Waals surface area (Å²) in [7, 11) is 0. The number of amides is 2. The molecule has 2 N–H and O–H groups in total. The highest BCUT2D eigenvalue weighted by molar-refractivity contribution is 8.00. The Balaban J connectivity index is 1.10. The number of nitrogens with zero attached hydrogens (tertiary/aromatic N) is 2. The monoisotopic (exact) mass is 448 g/mol. The summed E-state index contributed by atoms with van der Waals surface area (Å²) in [6, 6.07) is 17.8. The van der Waals surface area contributed by atoms with Gasteiger partial charge >= 0.3 is 6.09 Å². The van der Waals surface area contributed by atoms with Gasteiger partial charge in [0, 0.05) is 23.0 Å². The lowest BCUT2D eigenvalue weighted by atomic mass is 10.1. The molecule has 8 heteroatoms. The van der Waals surface area contributed by atoms with Crippen LogP contribution < -0.4 is 10.6 Å². The van der Waals surface area contributed by atoms with E-state index in [0.717, 1.165) is 47.4 Å². The number of hydrogen-bond donors (Lipinski definition) is 2. The van der Waals surface area contributed by atoms with Crippen molar-refractivity contribution in [1.29, 1.82) is 0 Å². The smallest absolute Gasteiger partial charge is 0.411 e. The summed E-state index contributed by atoms with van der Waals surface area (Å²) in [5.41, 5.74) is 2.98. The number of nitrogens with one attached hydrogen (secondary N) is 2. The average molecular weight is 449 g/mol. The largest absolute Gasteiger partial charge is 0.444 e. The molecule has 2 atom stereocenters. The zero-order valence-corrected chi connectivity index (χ0v) is 18.3. The summed E-state index contributed by atoms with van der Waals surface area (Å²) in [4.78, 5) is 31.9. The number of fused-ring (bicyclic) bond motifs is 2. The standard InChI is InChI=1S/C24H24N4O3S/c29-22-23(32-20-11-2-1-10-19(20)27-22)28-15-18(31-24(28)30)9-5-12-25-14-17-7-3-6-16-8-4-13-26-21(16)17/h1-4,6-8,10-11,13,18,23,25H,5,9,12,14-15H2,(H,27,29). The van der Waals surface area contributed by atoms with E-state index in [1.807, 2.05) is 42.6 Å². The first-order valence-electron chi connectivity index (χ1n) is 10.8. The van der Waals surface area contributed by atoms with E-state index in [1.54, 1.807) is 0 Å². The highest BCUT2D eigenvalue weighted by Gasteiger charge is 2.41. The van der Waals surface area contributed by atoms with Gasteiger partial charge in [0.15, 0.2) is 5.37 Å². The topological polar surface area (TPSA) is 83.6 Å². The number of thioether (sulfide) groups is 1. The molecule has 164 valence electrons. The van der Waals surface area contributed by atoms with Crippen LogP contribution in [0.1, 0.15) is 18.4 Å². The second-order valence-electron chi connectivity index (χ2n) is 7.93. The Labute approximate surface area is 190 Å². The van der Waals surface area contributed by atoms with Gasteiger partial charge in [0.1, 0.15) is 6.10 Å². The molecule has 2 aliphatic rings. The quantitative estimate of drug-likeness (QED) is 0.532. The number of pyridine rings is 1. The van der Waals surface area contributed by atoms with Crippen molar-refractivity contribution in [3.63, 3.8) is 0 Å². The molecule has 1 saturated heterocycles. The molecule has 3 heterocycles. The van der Waals surface area contributed by atoms with Crippen molar-refractivity contribution in [1.82, 2.24) is 15.2 Å². The van der Waals surface area contributed by atoms with Crippen molar-refractivity contribution in [3.8, 4) is 0 Å². The summed E-state index contributed by atoms with van der Waals surface area (Å²) in [6.07, 6.45) is 2.82. The lowest BCUT2D eigenvalue weighted by molar-refractivity contribution is -0.117. The van der Waals surface area contributed by atoms with Gasteiger partial charge in [-0.3, -0.25) is 14.7 Å². The number of ether oxygens (including phenoxy) is 1. The Hall–Kier alpha value is -3.10. The number of benzene rings is 2. The molecule has 2 aromatic carbocycles. The Morgan fingerprint density at radius 3 is 2.94 bits per heavy atom. The summed E-state index contributed by atoms with van der Waals surface area (Å²) >= 11 is 1.39. The lowest BCUT2D eigenvalue weighted by Gasteiger charge is -2.29. The zero-order valence-electron chi connectivity index (χ0n) is 17.5. The Morgan fingerprint density at radius 2 is 2.00 bits per heavy atom. The van der Waals surface area contributed by atoms with Crippen molar-refractivity contribution < 1.29 is 14.3 Å². The lowest BCUT2D eigenvalue weighted by Crippen LogP contribution is -2.44. The van der Waals surface area contributed by atoms with Crippen molar-refractivity contribution in [2.75, 3.05) is 18.4 Å². The number of hydrogen-bond acceptors (Lipinski definition) is 6. The van der Waals surface area contributed by atoms with E-state index in [4.69, 9.17) is 4.74 Å². The van der Waals surface area contributed by atoms with E-state index < -0.39 is 11.5 Å². The molecule has 1 fully saturated rings. The predicted octanol–water partition coefficient (Wildman–Crippen LogP) is 4.00. The van der Waals surface area contributed by atoms with Gasteiger partial charge in [-0.15, -0.1) is 0 Å². The van der Waals surface area contributed by atoms with Gasteiger partial charge in [0.05, 0.1) is 17.7 Å². The van der Waals surface area contributed by atoms with Gasteiger partial charge in [-0.05, 0) is 43.1 Å². The van der Waals surface area contributed by atoms with E-state index in [9.17, 15) is 9.59 Å². The third kappa shape index (κ3) is 4.28. The molecular formula is C24H24N4O3S. The molecule has 3 aromatic rings. The van der Waals surface area contributed by atoms with Crippen molar-refractivity contribution in [3.05, 3.63) is 66.4 Å². The maximum absolute atomic E-state index is 12.5. The first kappa shape index (κ1) is 20.8. The molecule has 2 unspecified atom stereocenters. The first-order chi connectivity index (χ1) is 15.7. The van der Waals surface area contributed by atoms with Crippen LogP contribution in [0.5, 0.6) is 0 Å². The molecule has 32 heavy (non-hydrogen) atoms. The van der Waals surface area contributed by atoms with Gasteiger partial charge in [-0.2, -0.15) is 0 Å². The summed E-state index contributed by atoms with van der Waals surface area (Å²) in [6.45, 7) is 1.98. The second kappa shape index (κ2) is 9.18. The fourth-order valence-corrected chi connectivity index (χ4v) is 5.23. The van der Waals surface area contributed by atoms with E-state index in [1.165, 1.54) is 22.2 Å². The second-order valence-corrected chi connectivity index (χ2v) is 9.05. The number of aromatic nitrogens is 1. The fraction of sp³-hybridized carbons (Fsp3) is 0.292. The third-order valence-corrected chi connectivity index (χ3v) is 7.01. The normalized spacial score (nSPS) is 20.2. The number of rotatable bonds is 7. The third-order valence-electron chi connectivity index (χ3n) is 5.70. The van der Waals surface area contributed by atoms with Crippen LogP contribution in [0.3, 0.4) is 0 Å². The minimum atomic E-state index is -0.598. The van der Waals surface area contributed by atoms with Crippen LogP contribution in [-0.4, -0.2) is 46.5 Å². The molecule has 2 aliphatic heterocycles. The van der Waals surface area contributed by atoms with Gasteiger partial charge in [0.2, 0.25) is 0 Å². The van der Waals surface area contributed by atoms with Gasteiger partial charge in [0.25, 0.3) is 5.91 Å². The molecule has 2 amide bonds. The molecule has 0 radical (unpaired) electrons. The number of cyclic esters (lactones) is 1. The van der Waals surface area contributed by atoms with Crippen LogP contribution in [0, 0.1) is 0 Å². The zero-order chi connectivity index (χ0) is 21.9. The number of carbonyl (C=O) groups is 2. The SMILES string of the molecule is O=C1Nc2ccccc2SC1N1CC(CCCNCc2cccc3cccnc23)OC1=O. The summed E-state index contributed by atoms with van der Waals surface area (Å²) < 4.78 is 5.54. The van der Waals surface area contributed by atoms with Crippen LogP contribution in [0.2, 0.25) is 0 Å². The average Bonchev–Trinajstić information content (AvgIpc) is 3.18. The highest BCUT2D eigenvalue weighted by Crippen LogP contribution is 2.38. The highest BCUT2D eigenvalue weighted by atomic mass is 32.2. The Bertz CT molecular complexity index is 1150. The fourth-order valence-electron chi connectivity index (χ4n) is 4.12. The predicted molar refractivity (Wildman–Crippen MR) is 124 cm³/mol. The maximum Gasteiger partial charge on any atom is 0.411 e. The molecule has 0 saturated carbocycles.